The second kappa shape index (κ2) is 7.71. The number of carbonyl (C=O) groups is 2. The van der Waals surface area contributed by atoms with Crippen LogP contribution >= 0.6 is 27.3 Å². The standard InChI is InChI=1S/C15H16BrN3O4S/c1-8(2)23-14(22)13-9(3)17-15(24-13)18-11(20)7-19-6-10(16)4-5-12(19)21/h4-6,8H,7H2,1-3H3,(H,17,18,20). The molecule has 7 nitrogen and oxygen atoms in total. The highest BCUT2D eigenvalue weighted by Crippen LogP contribution is 2.23. The molecule has 0 aliphatic rings. The van der Waals surface area contributed by atoms with Crippen molar-refractivity contribution in [2.75, 3.05) is 5.32 Å². The maximum absolute atomic E-state index is 12.1. The first-order valence-corrected chi connectivity index (χ1v) is 8.71. The highest BCUT2D eigenvalue weighted by atomic mass is 79.9. The Balaban J connectivity index is 2.08. The van der Waals surface area contributed by atoms with Crippen LogP contribution in [0.3, 0.4) is 0 Å². The van der Waals surface area contributed by atoms with Gasteiger partial charge in [0.25, 0.3) is 5.56 Å². The van der Waals surface area contributed by atoms with Crippen molar-refractivity contribution in [2.45, 2.75) is 33.4 Å². The topological polar surface area (TPSA) is 90.3 Å². The fourth-order valence-corrected chi connectivity index (χ4v) is 3.09. The molecule has 1 amide bonds. The number of aromatic nitrogens is 2. The number of anilines is 1. The molecule has 0 radical (unpaired) electrons. The summed E-state index contributed by atoms with van der Waals surface area (Å²) in [5.41, 5.74) is 0.199. The molecule has 0 aromatic carbocycles. The van der Waals surface area contributed by atoms with Crippen molar-refractivity contribution in [1.29, 1.82) is 0 Å². The van der Waals surface area contributed by atoms with Crippen molar-refractivity contribution < 1.29 is 14.3 Å². The molecule has 0 fully saturated rings. The second-order valence-corrected chi connectivity index (χ2v) is 7.16. The Bertz CT molecular complexity index is 828. The summed E-state index contributed by atoms with van der Waals surface area (Å²) in [4.78, 5) is 40.2. The monoisotopic (exact) mass is 413 g/mol. The van der Waals surface area contributed by atoms with Crippen molar-refractivity contribution in [2.24, 2.45) is 0 Å². The number of rotatable bonds is 5. The third-order valence-corrected chi connectivity index (χ3v) is 4.35. The highest BCUT2D eigenvalue weighted by molar-refractivity contribution is 9.10. The molecule has 0 spiro atoms. The van der Waals surface area contributed by atoms with Crippen molar-refractivity contribution in [3.05, 3.63) is 43.7 Å². The summed E-state index contributed by atoms with van der Waals surface area (Å²) >= 11 is 4.29. The van der Waals surface area contributed by atoms with E-state index in [-0.39, 0.29) is 23.3 Å². The number of halogens is 1. The normalized spacial score (nSPS) is 10.7. The van der Waals surface area contributed by atoms with E-state index in [1.165, 1.54) is 16.8 Å². The van der Waals surface area contributed by atoms with Crippen LogP contribution < -0.4 is 10.9 Å². The van der Waals surface area contributed by atoms with E-state index in [1.807, 2.05) is 0 Å². The zero-order valence-corrected chi connectivity index (χ0v) is 15.7. The molecule has 9 heteroatoms. The maximum atomic E-state index is 12.1. The zero-order valence-electron chi connectivity index (χ0n) is 13.3. The summed E-state index contributed by atoms with van der Waals surface area (Å²) in [6.07, 6.45) is 1.29. The number of hydrogen-bond acceptors (Lipinski definition) is 6. The number of thiazole rings is 1. The Morgan fingerprint density at radius 2 is 2.12 bits per heavy atom. The van der Waals surface area contributed by atoms with Gasteiger partial charge in [-0.1, -0.05) is 11.3 Å². The highest BCUT2D eigenvalue weighted by Gasteiger charge is 2.19. The van der Waals surface area contributed by atoms with Crippen molar-refractivity contribution in [3.8, 4) is 0 Å². The maximum Gasteiger partial charge on any atom is 0.350 e. The minimum Gasteiger partial charge on any atom is -0.459 e. The van der Waals surface area contributed by atoms with Gasteiger partial charge < -0.3 is 14.6 Å². The number of esters is 1. The number of carbonyl (C=O) groups excluding carboxylic acids is 2. The van der Waals surface area contributed by atoms with E-state index >= 15 is 0 Å². The third kappa shape index (κ3) is 4.75. The minimum atomic E-state index is -0.469. The van der Waals surface area contributed by atoms with E-state index in [1.54, 1.807) is 26.8 Å². The molecule has 0 unspecified atom stereocenters. The van der Waals surface area contributed by atoms with Crippen LogP contribution in [0.25, 0.3) is 0 Å². The van der Waals surface area contributed by atoms with Crippen LogP contribution in [0.4, 0.5) is 5.13 Å². The molecule has 128 valence electrons. The van der Waals surface area contributed by atoms with Crippen LogP contribution in [0, 0.1) is 6.92 Å². The van der Waals surface area contributed by atoms with E-state index in [0.29, 0.717) is 15.0 Å². The van der Waals surface area contributed by atoms with Crippen LogP contribution in [0.1, 0.15) is 29.2 Å². The quantitative estimate of drug-likeness (QED) is 0.760. The summed E-state index contributed by atoms with van der Waals surface area (Å²) < 4.78 is 7.09. The van der Waals surface area contributed by atoms with Crippen molar-refractivity contribution in [1.82, 2.24) is 9.55 Å². The van der Waals surface area contributed by atoms with E-state index in [2.05, 4.69) is 26.2 Å². The Hall–Kier alpha value is -2.00. The second-order valence-electron chi connectivity index (χ2n) is 5.25. The van der Waals surface area contributed by atoms with Gasteiger partial charge in [-0.2, -0.15) is 0 Å². The number of nitrogens with one attached hydrogen (secondary N) is 1. The first-order chi connectivity index (χ1) is 11.3. The van der Waals surface area contributed by atoms with E-state index < -0.39 is 11.9 Å². The molecule has 2 aromatic heterocycles. The largest absolute Gasteiger partial charge is 0.459 e. The molecule has 24 heavy (non-hydrogen) atoms. The molecule has 0 atom stereocenters. The van der Waals surface area contributed by atoms with Gasteiger partial charge in [-0.15, -0.1) is 0 Å². The summed E-state index contributed by atoms with van der Waals surface area (Å²) in [6.45, 7) is 5.03. The summed E-state index contributed by atoms with van der Waals surface area (Å²) in [6, 6.07) is 2.97. The average molecular weight is 414 g/mol. The number of pyridine rings is 1. The van der Waals surface area contributed by atoms with Crippen molar-refractivity contribution >= 4 is 44.3 Å². The number of aryl methyl sites for hydroxylation is 1. The third-order valence-electron chi connectivity index (χ3n) is 2.83. The van der Waals surface area contributed by atoms with Crippen molar-refractivity contribution in [3.63, 3.8) is 0 Å². The molecule has 0 aliphatic heterocycles. The minimum absolute atomic E-state index is 0.150. The SMILES string of the molecule is Cc1nc(NC(=O)Cn2cc(Br)ccc2=O)sc1C(=O)OC(C)C. The molecular weight excluding hydrogens is 398 g/mol. The van der Waals surface area contributed by atoms with Gasteiger partial charge in [0.2, 0.25) is 5.91 Å². The smallest absolute Gasteiger partial charge is 0.350 e. The summed E-state index contributed by atoms with van der Waals surface area (Å²) in [7, 11) is 0. The van der Waals surface area contributed by atoms with Gasteiger partial charge in [-0.25, -0.2) is 9.78 Å². The fourth-order valence-electron chi connectivity index (χ4n) is 1.85. The lowest BCUT2D eigenvalue weighted by Crippen LogP contribution is -2.26. The van der Waals surface area contributed by atoms with Gasteiger partial charge in [-0.3, -0.25) is 9.59 Å². The van der Waals surface area contributed by atoms with Gasteiger partial charge in [0, 0.05) is 16.7 Å². The van der Waals surface area contributed by atoms with E-state index in [4.69, 9.17) is 4.74 Å². The van der Waals surface area contributed by atoms with Gasteiger partial charge in [0.15, 0.2) is 5.13 Å². The van der Waals surface area contributed by atoms with E-state index in [0.717, 1.165) is 11.3 Å². The molecule has 2 heterocycles. The lowest BCUT2D eigenvalue weighted by Gasteiger charge is -2.06. The molecule has 0 bridgehead atoms. The lowest BCUT2D eigenvalue weighted by atomic mass is 10.4. The lowest BCUT2D eigenvalue weighted by molar-refractivity contribution is -0.116. The Kier molecular flexibility index (Phi) is 5.89. The summed E-state index contributed by atoms with van der Waals surface area (Å²) in [5.74, 6) is -0.878. The zero-order chi connectivity index (χ0) is 17.9. The predicted molar refractivity (Wildman–Crippen MR) is 94.4 cm³/mol. The first kappa shape index (κ1) is 18.3. The number of nitrogens with zero attached hydrogens (tertiary/aromatic N) is 2. The van der Waals surface area contributed by atoms with Crippen LogP contribution in [0.15, 0.2) is 27.6 Å². The number of hydrogen-bond donors (Lipinski definition) is 1. The van der Waals surface area contributed by atoms with Gasteiger partial charge >= 0.3 is 5.97 Å². The predicted octanol–water partition coefficient (Wildman–Crippen LogP) is 2.58. The molecule has 2 rings (SSSR count). The Morgan fingerprint density at radius 1 is 1.42 bits per heavy atom. The van der Waals surface area contributed by atoms with E-state index in [9.17, 15) is 14.4 Å². The van der Waals surface area contributed by atoms with Gasteiger partial charge in [-0.05, 0) is 42.8 Å². The fraction of sp³-hybridized carbons (Fsp3) is 0.333. The number of ether oxygens (including phenoxy) is 1. The average Bonchev–Trinajstić information content (AvgIpc) is 2.82. The van der Waals surface area contributed by atoms with Crippen LogP contribution in [0.5, 0.6) is 0 Å². The molecule has 0 saturated heterocycles. The molecule has 2 aromatic rings. The molecule has 0 aliphatic carbocycles. The van der Waals surface area contributed by atoms with Gasteiger partial charge in [0.1, 0.15) is 11.4 Å². The summed E-state index contributed by atoms with van der Waals surface area (Å²) in [5, 5.41) is 2.88. The molecule has 0 saturated carbocycles. The Morgan fingerprint density at radius 3 is 2.79 bits per heavy atom. The van der Waals surface area contributed by atoms with Gasteiger partial charge in [0.05, 0.1) is 11.8 Å². The van der Waals surface area contributed by atoms with Crippen LogP contribution in [-0.4, -0.2) is 27.5 Å². The molecule has 1 N–H and O–H groups in total. The Labute approximate surface area is 150 Å². The molecular formula is C15H16BrN3O4S. The number of amides is 1. The van der Waals surface area contributed by atoms with Crippen LogP contribution in [-0.2, 0) is 16.1 Å². The first-order valence-electron chi connectivity index (χ1n) is 7.10. The van der Waals surface area contributed by atoms with Crippen LogP contribution in [0.2, 0.25) is 0 Å².